The largest absolute Gasteiger partial charge is 0.495 e. The van der Waals surface area contributed by atoms with Crippen molar-refractivity contribution in [1.82, 2.24) is 0 Å². The summed E-state index contributed by atoms with van der Waals surface area (Å²) in [5.74, 6) is 1.70. The number of ether oxygens (including phenoxy) is 1. The van der Waals surface area contributed by atoms with Gasteiger partial charge in [0.15, 0.2) is 0 Å². The molecule has 0 bridgehead atoms. The quantitative estimate of drug-likeness (QED) is 0.744. The van der Waals surface area contributed by atoms with Crippen molar-refractivity contribution in [3.63, 3.8) is 0 Å². The number of halogens is 1. The van der Waals surface area contributed by atoms with Crippen LogP contribution >= 0.6 is 15.9 Å². The van der Waals surface area contributed by atoms with Crippen molar-refractivity contribution in [3.05, 3.63) is 22.7 Å². The van der Waals surface area contributed by atoms with Gasteiger partial charge < -0.3 is 15.8 Å². The Morgan fingerprint density at radius 3 is 2.67 bits per heavy atom. The summed E-state index contributed by atoms with van der Waals surface area (Å²) in [5.41, 5.74) is 6.32. The Bertz CT molecular complexity index is 464. The molecule has 1 aromatic rings. The Balaban J connectivity index is 2.59. The summed E-state index contributed by atoms with van der Waals surface area (Å²) < 4.78 is 6.16. The molecule has 1 amide bonds. The minimum atomic E-state index is 0.00840. The Kier molecular flexibility index (Phi) is 7.75. The molecule has 0 heterocycles. The van der Waals surface area contributed by atoms with Gasteiger partial charge in [-0.05, 0) is 49.4 Å². The lowest BCUT2D eigenvalue weighted by Gasteiger charge is -2.19. The van der Waals surface area contributed by atoms with E-state index in [-0.39, 0.29) is 5.91 Å². The number of amides is 1. The van der Waals surface area contributed by atoms with Crippen molar-refractivity contribution < 1.29 is 9.53 Å². The van der Waals surface area contributed by atoms with Crippen molar-refractivity contribution in [2.24, 2.45) is 17.6 Å². The maximum absolute atomic E-state index is 12.1. The van der Waals surface area contributed by atoms with E-state index in [1.54, 1.807) is 7.11 Å². The molecule has 0 aliphatic rings. The van der Waals surface area contributed by atoms with Crippen LogP contribution in [0.5, 0.6) is 5.75 Å². The SMILES string of the molecule is COc1ccc(Br)cc1NC(=O)CCC(CCN)C(C)C. The number of rotatable bonds is 8. The first-order valence-electron chi connectivity index (χ1n) is 7.31. The maximum atomic E-state index is 12.1. The van der Waals surface area contributed by atoms with Crippen LogP contribution in [0, 0.1) is 11.8 Å². The van der Waals surface area contributed by atoms with Gasteiger partial charge in [-0.1, -0.05) is 29.8 Å². The fraction of sp³-hybridized carbons (Fsp3) is 0.562. The third-order valence-corrected chi connectivity index (χ3v) is 4.15. The highest BCUT2D eigenvalue weighted by atomic mass is 79.9. The van der Waals surface area contributed by atoms with Crippen molar-refractivity contribution in [2.45, 2.75) is 33.1 Å². The second-order valence-corrected chi connectivity index (χ2v) is 6.43. The van der Waals surface area contributed by atoms with Crippen LogP contribution in [0.1, 0.15) is 33.1 Å². The monoisotopic (exact) mass is 356 g/mol. The number of carbonyl (C=O) groups is 1. The molecule has 0 aliphatic carbocycles. The van der Waals surface area contributed by atoms with E-state index in [1.165, 1.54) is 0 Å². The Morgan fingerprint density at radius 2 is 2.10 bits per heavy atom. The number of nitrogens with two attached hydrogens (primary N) is 1. The van der Waals surface area contributed by atoms with Crippen LogP contribution in [0.15, 0.2) is 22.7 Å². The number of methoxy groups -OCH3 is 1. The van der Waals surface area contributed by atoms with Gasteiger partial charge in [-0.25, -0.2) is 0 Å². The zero-order valence-electron chi connectivity index (χ0n) is 13.0. The zero-order valence-corrected chi connectivity index (χ0v) is 14.6. The van der Waals surface area contributed by atoms with Gasteiger partial charge in [-0.2, -0.15) is 0 Å². The molecule has 4 nitrogen and oxygen atoms in total. The molecule has 0 aliphatic heterocycles. The minimum absolute atomic E-state index is 0.00840. The predicted molar refractivity (Wildman–Crippen MR) is 90.6 cm³/mol. The summed E-state index contributed by atoms with van der Waals surface area (Å²) in [7, 11) is 1.59. The molecule has 1 atom stereocenters. The van der Waals surface area contributed by atoms with Crippen molar-refractivity contribution in [2.75, 3.05) is 19.0 Å². The van der Waals surface area contributed by atoms with E-state index >= 15 is 0 Å². The normalized spacial score (nSPS) is 12.3. The van der Waals surface area contributed by atoms with Crippen LogP contribution in [-0.4, -0.2) is 19.6 Å². The lowest BCUT2D eigenvalue weighted by atomic mass is 9.88. The second-order valence-electron chi connectivity index (χ2n) is 5.51. The third-order valence-electron chi connectivity index (χ3n) is 3.66. The predicted octanol–water partition coefficient (Wildman–Crippen LogP) is 3.80. The van der Waals surface area contributed by atoms with Gasteiger partial charge >= 0.3 is 0 Å². The van der Waals surface area contributed by atoms with Crippen LogP contribution < -0.4 is 15.8 Å². The molecule has 0 saturated carbocycles. The average molecular weight is 357 g/mol. The molecule has 118 valence electrons. The van der Waals surface area contributed by atoms with Gasteiger partial charge in [0.1, 0.15) is 5.75 Å². The second kappa shape index (κ2) is 9.05. The van der Waals surface area contributed by atoms with E-state index in [0.29, 0.717) is 36.2 Å². The summed E-state index contributed by atoms with van der Waals surface area (Å²) in [4.78, 5) is 12.1. The highest BCUT2D eigenvalue weighted by Gasteiger charge is 2.15. The summed E-state index contributed by atoms with van der Waals surface area (Å²) in [6, 6.07) is 5.55. The summed E-state index contributed by atoms with van der Waals surface area (Å²) in [6.07, 6.45) is 2.32. The third kappa shape index (κ3) is 6.06. The van der Waals surface area contributed by atoms with Crippen LogP contribution in [0.25, 0.3) is 0 Å². The Labute approximate surface area is 135 Å². The first kappa shape index (κ1) is 18.0. The van der Waals surface area contributed by atoms with Gasteiger partial charge in [0.25, 0.3) is 0 Å². The highest BCUT2D eigenvalue weighted by Crippen LogP contribution is 2.28. The van der Waals surface area contributed by atoms with E-state index < -0.39 is 0 Å². The van der Waals surface area contributed by atoms with Gasteiger partial charge in [0.2, 0.25) is 5.91 Å². The summed E-state index contributed by atoms with van der Waals surface area (Å²) in [6.45, 7) is 5.02. The molecule has 21 heavy (non-hydrogen) atoms. The Morgan fingerprint density at radius 1 is 1.38 bits per heavy atom. The Hall–Kier alpha value is -1.07. The number of carbonyl (C=O) groups excluding carboxylic acids is 1. The molecule has 0 saturated heterocycles. The number of nitrogens with one attached hydrogen (secondary N) is 1. The zero-order chi connectivity index (χ0) is 15.8. The van der Waals surface area contributed by atoms with Crippen LogP contribution in [0.4, 0.5) is 5.69 Å². The molecule has 3 N–H and O–H groups in total. The molecule has 0 spiro atoms. The minimum Gasteiger partial charge on any atom is -0.495 e. The van der Waals surface area contributed by atoms with Crippen LogP contribution in [0.2, 0.25) is 0 Å². The standard InChI is InChI=1S/C16H25BrN2O2/c1-11(2)12(8-9-18)4-7-16(20)19-14-10-13(17)5-6-15(14)21-3/h5-6,10-12H,4,7-9,18H2,1-3H3,(H,19,20). The molecule has 5 heteroatoms. The van der Waals surface area contributed by atoms with E-state index in [1.807, 2.05) is 18.2 Å². The van der Waals surface area contributed by atoms with Crippen LogP contribution in [0.3, 0.4) is 0 Å². The van der Waals surface area contributed by atoms with Gasteiger partial charge in [0.05, 0.1) is 12.8 Å². The number of benzene rings is 1. The molecule has 0 fully saturated rings. The number of hydrogen-bond donors (Lipinski definition) is 2. The summed E-state index contributed by atoms with van der Waals surface area (Å²) in [5, 5.41) is 2.91. The lowest BCUT2D eigenvalue weighted by Crippen LogP contribution is -2.18. The molecular weight excluding hydrogens is 332 g/mol. The molecule has 1 rings (SSSR count). The lowest BCUT2D eigenvalue weighted by molar-refractivity contribution is -0.116. The first-order valence-corrected chi connectivity index (χ1v) is 8.10. The fourth-order valence-corrected chi connectivity index (χ4v) is 2.69. The van der Waals surface area contributed by atoms with Crippen LogP contribution in [-0.2, 0) is 4.79 Å². The topological polar surface area (TPSA) is 64.3 Å². The van der Waals surface area contributed by atoms with Gasteiger partial charge in [-0.15, -0.1) is 0 Å². The van der Waals surface area contributed by atoms with E-state index in [0.717, 1.165) is 17.3 Å². The molecule has 0 aromatic heterocycles. The van der Waals surface area contributed by atoms with E-state index in [2.05, 4.69) is 35.1 Å². The van der Waals surface area contributed by atoms with Crippen molar-refractivity contribution in [3.8, 4) is 5.75 Å². The van der Waals surface area contributed by atoms with E-state index in [9.17, 15) is 4.79 Å². The maximum Gasteiger partial charge on any atom is 0.224 e. The van der Waals surface area contributed by atoms with E-state index in [4.69, 9.17) is 10.5 Å². The van der Waals surface area contributed by atoms with Gasteiger partial charge in [0, 0.05) is 10.9 Å². The molecule has 1 aromatic carbocycles. The fourth-order valence-electron chi connectivity index (χ4n) is 2.33. The average Bonchev–Trinajstić information content (AvgIpc) is 2.43. The highest BCUT2D eigenvalue weighted by molar-refractivity contribution is 9.10. The molecule has 0 radical (unpaired) electrons. The summed E-state index contributed by atoms with van der Waals surface area (Å²) >= 11 is 3.40. The molecule has 1 unspecified atom stereocenters. The van der Waals surface area contributed by atoms with Crippen molar-refractivity contribution in [1.29, 1.82) is 0 Å². The van der Waals surface area contributed by atoms with Crippen molar-refractivity contribution >= 4 is 27.5 Å². The van der Waals surface area contributed by atoms with Gasteiger partial charge in [-0.3, -0.25) is 4.79 Å². The number of anilines is 1. The molecular formula is C16H25BrN2O2. The first-order chi connectivity index (χ1) is 9.97. The smallest absolute Gasteiger partial charge is 0.224 e. The number of hydrogen-bond acceptors (Lipinski definition) is 3.